The van der Waals surface area contributed by atoms with Crippen molar-refractivity contribution < 1.29 is 4.79 Å². The summed E-state index contributed by atoms with van der Waals surface area (Å²) in [7, 11) is 0. The third kappa shape index (κ3) is 2.24. The minimum absolute atomic E-state index is 0.211. The number of hydrogen-bond donors (Lipinski definition) is 1. The van der Waals surface area contributed by atoms with Gasteiger partial charge in [-0.05, 0) is 44.9 Å². The molecule has 0 aromatic carbocycles. The molecule has 0 bridgehead atoms. The molecule has 4 atom stereocenters. The molecule has 92 valence electrons. The topological polar surface area (TPSA) is 46.3 Å². The predicted octanol–water partition coefficient (Wildman–Crippen LogP) is 1.76. The summed E-state index contributed by atoms with van der Waals surface area (Å²) in [6.45, 7) is 5.40. The van der Waals surface area contributed by atoms with Gasteiger partial charge in [-0.1, -0.05) is 6.92 Å². The Labute approximate surface area is 98.4 Å². The second-order valence-electron chi connectivity index (χ2n) is 5.66. The van der Waals surface area contributed by atoms with Gasteiger partial charge in [0.05, 0.1) is 0 Å². The maximum Gasteiger partial charge on any atom is 0.225 e. The van der Waals surface area contributed by atoms with E-state index in [9.17, 15) is 4.79 Å². The minimum atomic E-state index is 0.211. The Morgan fingerprint density at radius 2 is 2.00 bits per heavy atom. The molecule has 1 saturated heterocycles. The van der Waals surface area contributed by atoms with Gasteiger partial charge in [-0.15, -0.1) is 0 Å². The van der Waals surface area contributed by atoms with Gasteiger partial charge in [-0.3, -0.25) is 4.79 Å². The van der Waals surface area contributed by atoms with Crippen molar-refractivity contribution in [1.82, 2.24) is 4.90 Å². The number of carbonyl (C=O) groups excluding carboxylic acids is 1. The van der Waals surface area contributed by atoms with Crippen LogP contribution < -0.4 is 5.73 Å². The zero-order valence-electron chi connectivity index (χ0n) is 10.5. The number of nitrogens with two attached hydrogens (primary N) is 1. The highest BCUT2D eigenvalue weighted by Gasteiger charge is 2.35. The molecule has 0 spiro atoms. The van der Waals surface area contributed by atoms with Gasteiger partial charge in [0, 0.05) is 24.5 Å². The number of piperidine rings is 1. The van der Waals surface area contributed by atoms with Gasteiger partial charge in [0.15, 0.2) is 0 Å². The van der Waals surface area contributed by atoms with Crippen LogP contribution >= 0.6 is 0 Å². The maximum atomic E-state index is 12.4. The van der Waals surface area contributed by atoms with Crippen molar-refractivity contribution in [3.05, 3.63) is 0 Å². The van der Waals surface area contributed by atoms with Crippen LogP contribution in [0.1, 0.15) is 46.0 Å². The highest BCUT2D eigenvalue weighted by atomic mass is 16.2. The summed E-state index contributed by atoms with van der Waals surface area (Å²) in [5, 5.41) is 0. The number of amides is 1. The van der Waals surface area contributed by atoms with Crippen LogP contribution in [0.3, 0.4) is 0 Å². The van der Waals surface area contributed by atoms with Crippen molar-refractivity contribution in [2.75, 3.05) is 6.54 Å². The first-order valence-corrected chi connectivity index (χ1v) is 6.65. The Kier molecular flexibility index (Phi) is 3.53. The van der Waals surface area contributed by atoms with Crippen LogP contribution in [-0.2, 0) is 4.79 Å². The fraction of sp³-hybridized carbons (Fsp3) is 0.923. The number of likely N-dealkylation sites (tertiary alicyclic amines) is 1. The van der Waals surface area contributed by atoms with Crippen LogP contribution in [0.25, 0.3) is 0 Å². The molecule has 1 heterocycles. The molecular weight excluding hydrogens is 200 g/mol. The van der Waals surface area contributed by atoms with Crippen molar-refractivity contribution in [2.45, 2.75) is 58.0 Å². The van der Waals surface area contributed by atoms with Crippen LogP contribution in [0.5, 0.6) is 0 Å². The van der Waals surface area contributed by atoms with Crippen molar-refractivity contribution in [3.63, 3.8) is 0 Å². The number of carbonyl (C=O) groups is 1. The molecule has 2 aliphatic rings. The van der Waals surface area contributed by atoms with E-state index in [-0.39, 0.29) is 12.0 Å². The van der Waals surface area contributed by atoms with Gasteiger partial charge in [0.1, 0.15) is 0 Å². The molecule has 2 N–H and O–H groups in total. The lowest BCUT2D eigenvalue weighted by atomic mass is 9.90. The molecular formula is C13H24N2O. The second-order valence-corrected chi connectivity index (χ2v) is 5.66. The van der Waals surface area contributed by atoms with E-state index in [4.69, 9.17) is 5.73 Å². The first kappa shape index (κ1) is 11.9. The summed E-state index contributed by atoms with van der Waals surface area (Å²) < 4.78 is 0. The fourth-order valence-corrected chi connectivity index (χ4v) is 3.12. The molecule has 2 fully saturated rings. The van der Waals surface area contributed by atoms with E-state index in [0.29, 0.717) is 17.9 Å². The van der Waals surface area contributed by atoms with E-state index in [1.807, 2.05) is 0 Å². The van der Waals surface area contributed by atoms with Gasteiger partial charge >= 0.3 is 0 Å². The highest BCUT2D eigenvalue weighted by molar-refractivity contribution is 5.79. The first-order chi connectivity index (χ1) is 7.59. The molecule has 0 aromatic heterocycles. The Bertz CT molecular complexity index is 267. The van der Waals surface area contributed by atoms with Gasteiger partial charge in [0.2, 0.25) is 5.91 Å². The van der Waals surface area contributed by atoms with Crippen LogP contribution in [0.4, 0.5) is 0 Å². The molecule has 16 heavy (non-hydrogen) atoms. The van der Waals surface area contributed by atoms with Gasteiger partial charge in [-0.25, -0.2) is 0 Å². The maximum absolute atomic E-state index is 12.4. The molecule has 0 aromatic rings. The van der Waals surface area contributed by atoms with E-state index in [0.717, 1.165) is 32.2 Å². The van der Waals surface area contributed by atoms with E-state index in [1.54, 1.807) is 0 Å². The molecule has 1 aliphatic heterocycles. The molecule has 2 rings (SSSR count). The average Bonchev–Trinajstić information content (AvgIpc) is 2.68. The first-order valence-electron chi connectivity index (χ1n) is 6.65. The lowest BCUT2D eigenvalue weighted by molar-refractivity contribution is -0.140. The van der Waals surface area contributed by atoms with Crippen molar-refractivity contribution in [3.8, 4) is 0 Å². The van der Waals surface area contributed by atoms with Crippen LogP contribution in [0.15, 0.2) is 0 Å². The van der Waals surface area contributed by atoms with Gasteiger partial charge in [-0.2, -0.15) is 0 Å². The number of hydrogen-bond acceptors (Lipinski definition) is 2. The van der Waals surface area contributed by atoms with Gasteiger partial charge < -0.3 is 10.6 Å². The number of nitrogens with zero attached hydrogens (tertiary/aromatic N) is 1. The molecule has 1 aliphatic carbocycles. The van der Waals surface area contributed by atoms with E-state index >= 15 is 0 Å². The zero-order valence-corrected chi connectivity index (χ0v) is 10.5. The van der Waals surface area contributed by atoms with Crippen molar-refractivity contribution in [2.24, 2.45) is 17.6 Å². The zero-order chi connectivity index (χ0) is 11.7. The SMILES string of the molecule is CC1CCCN(C(=O)C2CCC(N)C2)C1C. The Balaban J connectivity index is 1.98. The highest BCUT2D eigenvalue weighted by Crippen LogP contribution is 2.30. The van der Waals surface area contributed by atoms with Crippen LogP contribution in [-0.4, -0.2) is 29.4 Å². The normalized spacial score (nSPS) is 40.1. The fourth-order valence-electron chi connectivity index (χ4n) is 3.12. The predicted molar refractivity (Wildman–Crippen MR) is 64.9 cm³/mol. The molecule has 3 nitrogen and oxygen atoms in total. The second kappa shape index (κ2) is 4.74. The summed E-state index contributed by atoms with van der Waals surface area (Å²) in [5.41, 5.74) is 5.88. The Morgan fingerprint density at radius 1 is 1.25 bits per heavy atom. The standard InChI is InChI=1S/C13H24N2O/c1-9-4-3-7-15(10(9)2)13(16)11-5-6-12(14)8-11/h9-12H,3-8,14H2,1-2H3. The van der Waals surface area contributed by atoms with E-state index in [1.165, 1.54) is 6.42 Å². The minimum Gasteiger partial charge on any atom is -0.339 e. The lowest BCUT2D eigenvalue weighted by Crippen LogP contribution is -2.48. The van der Waals surface area contributed by atoms with E-state index < -0.39 is 0 Å². The molecule has 1 amide bonds. The largest absolute Gasteiger partial charge is 0.339 e. The van der Waals surface area contributed by atoms with Crippen LogP contribution in [0.2, 0.25) is 0 Å². The average molecular weight is 224 g/mol. The monoisotopic (exact) mass is 224 g/mol. The summed E-state index contributed by atoms with van der Waals surface area (Å²) in [5.74, 6) is 1.22. The summed E-state index contributed by atoms with van der Waals surface area (Å²) in [6.07, 6.45) is 5.34. The third-order valence-corrected chi connectivity index (χ3v) is 4.48. The molecule has 3 heteroatoms. The van der Waals surface area contributed by atoms with Crippen LogP contribution in [0, 0.1) is 11.8 Å². The van der Waals surface area contributed by atoms with Crippen molar-refractivity contribution >= 4 is 5.91 Å². The Hall–Kier alpha value is -0.570. The lowest BCUT2D eigenvalue weighted by Gasteiger charge is -2.39. The number of rotatable bonds is 1. The smallest absolute Gasteiger partial charge is 0.225 e. The van der Waals surface area contributed by atoms with Gasteiger partial charge in [0.25, 0.3) is 0 Å². The Morgan fingerprint density at radius 3 is 2.62 bits per heavy atom. The quantitative estimate of drug-likeness (QED) is 0.737. The summed E-state index contributed by atoms with van der Waals surface area (Å²) >= 11 is 0. The van der Waals surface area contributed by atoms with E-state index in [2.05, 4.69) is 18.7 Å². The van der Waals surface area contributed by atoms with Crippen molar-refractivity contribution in [1.29, 1.82) is 0 Å². The molecule has 1 saturated carbocycles. The summed E-state index contributed by atoms with van der Waals surface area (Å²) in [6, 6.07) is 0.671. The third-order valence-electron chi connectivity index (χ3n) is 4.48. The summed E-state index contributed by atoms with van der Waals surface area (Å²) in [4.78, 5) is 14.5. The molecule has 4 unspecified atom stereocenters. The molecule has 0 radical (unpaired) electrons.